The summed E-state index contributed by atoms with van der Waals surface area (Å²) in [5, 5.41) is 10.7. The van der Waals surface area contributed by atoms with E-state index < -0.39 is 4.92 Å². The van der Waals surface area contributed by atoms with Crippen LogP contribution in [0.4, 0.5) is 5.69 Å². The standard InChI is InChI=1S/C15H19NO4/c1-2-20-15(17)14(11-5-3-4-6-11)12-7-9-13(10-8-12)16(18)19/h7-11,14H,2-6H2,1H3. The van der Waals surface area contributed by atoms with Gasteiger partial charge in [-0.2, -0.15) is 0 Å². The minimum absolute atomic E-state index is 0.0442. The molecule has 108 valence electrons. The Morgan fingerprint density at radius 1 is 1.35 bits per heavy atom. The Morgan fingerprint density at radius 2 is 1.95 bits per heavy atom. The maximum atomic E-state index is 12.2. The van der Waals surface area contributed by atoms with Gasteiger partial charge in [-0.15, -0.1) is 0 Å². The highest BCUT2D eigenvalue weighted by molar-refractivity contribution is 5.78. The molecule has 2 rings (SSSR count). The lowest BCUT2D eigenvalue weighted by molar-refractivity contribution is -0.384. The van der Waals surface area contributed by atoms with Crippen molar-refractivity contribution in [3.8, 4) is 0 Å². The molecule has 1 unspecified atom stereocenters. The van der Waals surface area contributed by atoms with Gasteiger partial charge in [0.1, 0.15) is 0 Å². The predicted molar refractivity (Wildman–Crippen MR) is 74.4 cm³/mol. The molecule has 0 saturated heterocycles. The van der Waals surface area contributed by atoms with Crippen molar-refractivity contribution < 1.29 is 14.5 Å². The Hall–Kier alpha value is -1.91. The van der Waals surface area contributed by atoms with Crippen molar-refractivity contribution in [2.24, 2.45) is 5.92 Å². The van der Waals surface area contributed by atoms with Crippen molar-refractivity contribution >= 4 is 11.7 Å². The average Bonchev–Trinajstić information content (AvgIpc) is 2.94. The molecule has 1 fully saturated rings. The summed E-state index contributed by atoms with van der Waals surface area (Å²) in [4.78, 5) is 22.5. The zero-order chi connectivity index (χ0) is 14.5. The van der Waals surface area contributed by atoms with Crippen molar-refractivity contribution in [3.05, 3.63) is 39.9 Å². The van der Waals surface area contributed by atoms with Gasteiger partial charge in [0.25, 0.3) is 5.69 Å². The number of carbonyl (C=O) groups excluding carboxylic acids is 1. The van der Waals surface area contributed by atoms with Crippen LogP contribution in [0, 0.1) is 16.0 Å². The minimum atomic E-state index is -0.432. The predicted octanol–water partition coefficient (Wildman–Crippen LogP) is 3.43. The molecule has 1 saturated carbocycles. The van der Waals surface area contributed by atoms with Gasteiger partial charge < -0.3 is 4.74 Å². The fourth-order valence-corrected chi connectivity index (χ4v) is 2.93. The monoisotopic (exact) mass is 277 g/mol. The molecule has 5 heteroatoms. The summed E-state index contributed by atoms with van der Waals surface area (Å²) >= 11 is 0. The normalized spacial score (nSPS) is 16.9. The number of non-ortho nitro benzene ring substituents is 1. The molecule has 0 radical (unpaired) electrons. The third-order valence-corrected chi connectivity index (χ3v) is 3.87. The summed E-state index contributed by atoms with van der Waals surface area (Å²) in [6.07, 6.45) is 4.29. The summed E-state index contributed by atoms with van der Waals surface area (Å²) in [7, 11) is 0. The number of hydrogen-bond donors (Lipinski definition) is 0. The van der Waals surface area contributed by atoms with E-state index >= 15 is 0 Å². The van der Waals surface area contributed by atoms with Crippen molar-refractivity contribution in [2.75, 3.05) is 6.61 Å². The number of ether oxygens (including phenoxy) is 1. The van der Waals surface area contributed by atoms with Crippen LogP contribution in [0.3, 0.4) is 0 Å². The molecule has 1 aromatic rings. The molecule has 1 aromatic carbocycles. The number of hydrogen-bond acceptors (Lipinski definition) is 4. The Bertz CT molecular complexity index is 477. The highest BCUT2D eigenvalue weighted by Gasteiger charge is 2.33. The summed E-state index contributed by atoms with van der Waals surface area (Å²) < 4.78 is 5.18. The van der Waals surface area contributed by atoms with Crippen molar-refractivity contribution in [1.29, 1.82) is 0 Å². The smallest absolute Gasteiger partial charge is 0.313 e. The molecule has 0 aromatic heterocycles. The molecule has 5 nitrogen and oxygen atoms in total. The molecular formula is C15H19NO4. The number of benzene rings is 1. The molecule has 0 bridgehead atoms. The van der Waals surface area contributed by atoms with E-state index in [0.717, 1.165) is 31.2 Å². The zero-order valence-corrected chi connectivity index (χ0v) is 11.6. The molecule has 1 aliphatic rings. The van der Waals surface area contributed by atoms with E-state index in [2.05, 4.69) is 0 Å². The summed E-state index contributed by atoms with van der Waals surface area (Å²) in [5.41, 5.74) is 0.865. The van der Waals surface area contributed by atoms with Gasteiger partial charge in [0.15, 0.2) is 0 Å². The van der Waals surface area contributed by atoms with Gasteiger partial charge in [-0.1, -0.05) is 25.0 Å². The first-order valence-corrected chi connectivity index (χ1v) is 7.04. The van der Waals surface area contributed by atoms with Crippen LogP contribution in [0.2, 0.25) is 0 Å². The van der Waals surface area contributed by atoms with Gasteiger partial charge in [0, 0.05) is 12.1 Å². The van der Waals surface area contributed by atoms with Crippen LogP contribution >= 0.6 is 0 Å². The van der Waals surface area contributed by atoms with Gasteiger partial charge in [0.2, 0.25) is 0 Å². The van der Waals surface area contributed by atoms with E-state index in [0.29, 0.717) is 6.61 Å². The van der Waals surface area contributed by atoms with Crippen molar-refractivity contribution in [1.82, 2.24) is 0 Å². The Morgan fingerprint density at radius 3 is 2.45 bits per heavy atom. The third kappa shape index (κ3) is 3.15. The van der Waals surface area contributed by atoms with E-state index in [1.54, 1.807) is 19.1 Å². The maximum absolute atomic E-state index is 12.2. The molecule has 1 atom stereocenters. The number of nitrogens with zero attached hydrogens (tertiary/aromatic N) is 1. The van der Waals surface area contributed by atoms with E-state index in [4.69, 9.17) is 4.74 Å². The van der Waals surface area contributed by atoms with Crippen LogP contribution in [0.5, 0.6) is 0 Å². The Balaban J connectivity index is 2.25. The maximum Gasteiger partial charge on any atom is 0.313 e. The molecule has 0 heterocycles. The first-order valence-electron chi connectivity index (χ1n) is 7.04. The van der Waals surface area contributed by atoms with Crippen LogP contribution in [-0.4, -0.2) is 17.5 Å². The van der Waals surface area contributed by atoms with Crippen molar-refractivity contribution in [2.45, 2.75) is 38.5 Å². The summed E-state index contributed by atoms with van der Waals surface area (Å²) in [6.45, 7) is 2.15. The third-order valence-electron chi connectivity index (χ3n) is 3.87. The second-order valence-electron chi connectivity index (χ2n) is 5.12. The second-order valence-corrected chi connectivity index (χ2v) is 5.12. The van der Waals surface area contributed by atoms with Crippen LogP contribution in [0.15, 0.2) is 24.3 Å². The second kappa shape index (κ2) is 6.50. The van der Waals surface area contributed by atoms with Crippen LogP contribution in [-0.2, 0) is 9.53 Å². The van der Waals surface area contributed by atoms with E-state index in [9.17, 15) is 14.9 Å². The molecule has 1 aliphatic carbocycles. The van der Waals surface area contributed by atoms with Crippen molar-refractivity contribution in [3.63, 3.8) is 0 Å². The fraction of sp³-hybridized carbons (Fsp3) is 0.533. The highest BCUT2D eigenvalue weighted by Crippen LogP contribution is 2.38. The largest absolute Gasteiger partial charge is 0.466 e. The van der Waals surface area contributed by atoms with Gasteiger partial charge >= 0.3 is 5.97 Å². The summed E-state index contributed by atoms with van der Waals surface area (Å²) in [5.74, 6) is -0.220. The Kier molecular flexibility index (Phi) is 4.71. The first-order chi connectivity index (χ1) is 9.63. The first kappa shape index (κ1) is 14.5. The highest BCUT2D eigenvalue weighted by atomic mass is 16.6. The average molecular weight is 277 g/mol. The molecule has 0 aliphatic heterocycles. The van der Waals surface area contributed by atoms with Gasteiger partial charge in [-0.05, 0) is 31.2 Å². The molecule has 20 heavy (non-hydrogen) atoms. The van der Waals surface area contributed by atoms with Crippen LogP contribution in [0.1, 0.15) is 44.1 Å². The number of nitro groups is 1. The molecule has 0 spiro atoms. The minimum Gasteiger partial charge on any atom is -0.466 e. The molecular weight excluding hydrogens is 258 g/mol. The van der Waals surface area contributed by atoms with Gasteiger partial charge in [-0.25, -0.2) is 0 Å². The number of rotatable bonds is 5. The molecule has 0 amide bonds. The number of nitro benzene ring substituents is 1. The van der Waals surface area contributed by atoms with E-state index in [1.165, 1.54) is 12.1 Å². The lowest BCUT2D eigenvalue weighted by Crippen LogP contribution is -2.22. The number of esters is 1. The fourth-order valence-electron chi connectivity index (χ4n) is 2.93. The van der Waals surface area contributed by atoms with E-state index in [1.807, 2.05) is 0 Å². The number of carbonyl (C=O) groups is 1. The SMILES string of the molecule is CCOC(=O)C(c1ccc([N+](=O)[O-])cc1)C1CCCC1. The summed E-state index contributed by atoms with van der Waals surface area (Å²) in [6, 6.07) is 6.27. The van der Waals surface area contributed by atoms with E-state index in [-0.39, 0.29) is 23.5 Å². The quantitative estimate of drug-likeness (QED) is 0.469. The topological polar surface area (TPSA) is 69.4 Å². The zero-order valence-electron chi connectivity index (χ0n) is 11.6. The van der Waals surface area contributed by atoms with Crippen LogP contribution in [0.25, 0.3) is 0 Å². The Labute approximate surface area is 118 Å². The van der Waals surface area contributed by atoms with Crippen LogP contribution < -0.4 is 0 Å². The van der Waals surface area contributed by atoms with Gasteiger partial charge in [-0.3, -0.25) is 14.9 Å². The lowest BCUT2D eigenvalue weighted by atomic mass is 9.85. The van der Waals surface area contributed by atoms with Gasteiger partial charge in [0.05, 0.1) is 17.4 Å². The lowest BCUT2D eigenvalue weighted by Gasteiger charge is -2.21. The molecule has 0 N–H and O–H groups in total.